The van der Waals surface area contributed by atoms with E-state index in [0.29, 0.717) is 11.6 Å². The van der Waals surface area contributed by atoms with Crippen LogP contribution in [-0.4, -0.2) is 17.2 Å². The quantitative estimate of drug-likeness (QED) is 0.529. The summed E-state index contributed by atoms with van der Waals surface area (Å²) >= 11 is 0. The van der Waals surface area contributed by atoms with Crippen LogP contribution in [0.3, 0.4) is 0 Å². The largest absolute Gasteiger partial charge is 0.504 e. The second-order valence-corrected chi connectivity index (χ2v) is 7.15. The van der Waals surface area contributed by atoms with E-state index in [1.54, 1.807) is 13.2 Å². The Kier molecular flexibility index (Phi) is 3.72. The summed E-state index contributed by atoms with van der Waals surface area (Å²) in [7, 11) is 1.57. The highest BCUT2D eigenvalue weighted by Gasteiger charge is 2.30. The first-order valence-corrected chi connectivity index (χ1v) is 9.30. The van der Waals surface area contributed by atoms with E-state index in [9.17, 15) is 5.11 Å². The lowest BCUT2D eigenvalue weighted by Gasteiger charge is -2.29. The number of benzene rings is 3. The number of methoxy groups -OCH3 is 1. The van der Waals surface area contributed by atoms with Crippen molar-refractivity contribution in [3.63, 3.8) is 0 Å². The number of phenolic OH excluding ortho intramolecular Hbond substituents is 1. The molecule has 0 saturated heterocycles. The molecule has 3 N–H and O–H groups in total. The van der Waals surface area contributed by atoms with Crippen LogP contribution in [0.5, 0.6) is 11.5 Å². The Bertz CT molecular complexity index is 1220. The van der Waals surface area contributed by atoms with Gasteiger partial charge in [0.2, 0.25) is 0 Å². The van der Waals surface area contributed by atoms with Gasteiger partial charge < -0.3 is 15.6 Å². The predicted molar refractivity (Wildman–Crippen MR) is 112 cm³/mol. The molecule has 0 amide bonds. The molecular formula is C24H20N2O2. The van der Waals surface area contributed by atoms with Gasteiger partial charge in [-0.3, -0.25) is 0 Å². The molecular weight excluding hydrogens is 348 g/mol. The lowest BCUT2D eigenvalue weighted by Crippen LogP contribution is -2.15. The molecule has 4 nitrogen and oxygen atoms in total. The molecule has 1 unspecified atom stereocenters. The molecule has 138 valence electrons. The highest BCUT2D eigenvalue weighted by atomic mass is 16.5. The Hall–Kier alpha value is -3.53. The van der Waals surface area contributed by atoms with E-state index in [1.165, 1.54) is 11.1 Å². The molecule has 3 aromatic carbocycles. The van der Waals surface area contributed by atoms with Crippen molar-refractivity contribution in [1.29, 1.82) is 0 Å². The van der Waals surface area contributed by atoms with Gasteiger partial charge in [0.1, 0.15) is 5.82 Å². The topological polar surface area (TPSA) is 68.4 Å². The number of rotatable bonds is 2. The number of nitrogen functional groups attached to an aromatic ring is 1. The molecule has 0 bridgehead atoms. The molecule has 4 aromatic rings. The SMILES string of the molecule is COc1cc(C2Cc3ccccc3-c3nc(N)c4ccccc4c32)ccc1O. The van der Waals surface area contributed by atoms with Gasteiger partial charge in [-0.25, -0.2) is 4.98 Å². The maximum absolute atomic E-state index is 10.0. The number of fused-ring (bicyclic) bond motifs is 5. The molecule has 5 rings (SSSR count). The normalized spacial score (nSPS) is 15.1. The van der Waals surface area contributed by atoms with Crippen molar-refractivity contribution in [3.05, 3.63) is 83.4 Å². The molecule has 4 heteroatoms. The van der Waals surface area contributed by atoms with Gasteiger partial charge in [-0.1, -0.05) is 54.6 Å². The van der Waals surface area contributed by atoms with Crippen LogP contribution < -0.4 is 10.5 Å². The van der Waals surface area contributed by atoms with Gasteiger partial charge in [-0.2, -0.15) is 0 Å². The van der Waals surface area contributed by atoms with Crippen LogP contribution in [-0.2, 0) is 6.42 Å². The molecule has 0 spiro atoms. The summed E-state index contributed by atoms with van der Waals surface area (Å²) < 4.78 is 5.35. The van der Waals surface area contributed by atoms with Crippen LogP contribution in [0.15, 0.2) is 66.7 Å². The van der Waals surface area contributed by atoms with Crippen molar-refractivity contribution in [2.45, 2.75) is 12.3 Å². The van der Waals surface area contributed by atoms with Crippen LogP contribution in [0.1, 0.15) is 22.6 Å². The van der Waals surface area contributed by atoms with Gasteiger partial charge in [-0.05, 0) is 40.6 Å². The number of anilines is 1. The van der Waals surface area contributed by atoms with Crippen LogP contribution in [0.4, 0.5) is 5.82 Å². The number of hydrogen-bond acceptors (Lipinski definition) is 4. The monoisotopic (exact) mass is 368 g/mol. The first-order valence-electron chi connectivity index (χ1n) is 9.30. The predicted octanol–water partition coefficient (Wildman–Crippen LogP) is 4.89. The van der Waals surface area contributed by atoms with E-state index in [-0.39, 0.29) is 11.7 Å². The second-order valence-electron chi connectivity index (χ2n) is 7.15. The maximum atomic E-state index is 10.0. The third kappa shape index (κ3) is 2.42. The molecule has 1 aliphatic rings. The highest BCUT2D eigenvalue weighted by Crippen LogP contribution is 2.46. The van der Waals surface area contributed by atoms with E-state index in [2.05, 4.69) is 24.3 Å². The van der Waals surface area contributed by atoms with Crippen LogP contribution in [0.25, 0.3) is 22.0 Å². The summed E-state index contributed by atoms with van der Waals surface area (Å²) in [5.41, 5.74) is 11.9. The lowest BCUT2D eigenvalue weighted by molar-refractivity contribution is 0.372. The zero-order chi connectivity index (χ0) is 19.3. The fourth-order valence-electron chi connectivity index (χ4n) is 4.31. The molecule has 28 heavy (non-hydrogen) atoms. The first kappa shape index (κ1) is 16.6. The number of nitrogens with zero attached hydrogens (tertiary/aromatic N) is 1. The van der Waals surface area contributed by atoms with E-state index >= 15 is 0 Å². The standard InChI is InChI=1S/C24H20N2O2/c1-28-21-13-15(10-11-20(21)27)19-12-14-6-2-3-7-16(14)23-22(19)17-8-4-5-9-18(17)24(25)26-23/h2-11,13,19,27H,12H2,1H3,(H2,25,26). The number of phenols is 1. The van der Waals surface area contributed by atoms with Crippen molar-refractivity contribution in [2.24, 2.45) is 0 Å². The van der Waals surface area contributed by atoms with Crippen molar-refractivity contribution in [2.75, 3.05) is 12.8 Å². The van der Waals surface area contributed by atoms with Gasteiger partial charge >= 0.3 is 0 Å². The van der Waals surface area contributed by atoms with Gasteiger partial charge in [0.15, 0.2) is 11.5 Å². The fraction of sp³-hybridized carbons (Fsp3) is 0.125. The molecule has 1 heterocycles. The number of nitrogens with two attached hydrogens (primary N) is 1. The summed E-state index contributed by atoms with van der Waals surface area (Å²) in [5, 5.41) is 12.1. The smallest absolute Gasteiger partial charge is 0.160 e. The van der Waals surface area contributed by atoms with E-state index < -0.39 is 0 Å². The van der Waals surface area contributed by atoms with Gasteiger partial charge in [0.25, 0.3) is 0 Å². The Labute approximate surface area is 163 Å². The van der Waals surface area contributed by atoms with Crippen molar-refractivity contribution < 1.29 is 9.84 Å². The van der Waals surface area contributed by atoms with E-state index in [0.717, 1.165) is 34.0 Å². The summed E-state index contributed by atoms with van der Waals surface area (Å²) in [6.45, 7) is 0. The maximum Gasteiger partial charge on any atom is 0.160 e. The average molecular weight is 368 g/mol. The molecule has 0 aliphatic heterocycles. The zero-order valence-corrected chi connectivity index (χ0v) is 15.5. The summed E-state index contributed by atoms with van der Waals surface area (Å²) in [6.07, 6.45) is 0.854. The summed E-state index contributed by atoms with van der Waals surface area (Å²) in [5.74, 6) is 1.26. The fourth-order valence-corrected chi connectivity index (χ4v) is 4.31. The Balaban J connectivity index is 1.84. The minimum absolute atomic E-state index is 0.0948. The molecule has 1 aromatic heterocycles. The number of aromatic hydroxyl groups is 1. The minimum Gasteiger partial charge on any atom is -0.504 e. The lowest BCUT2D eigenvalue weighted by atomic mass is 9.76. The van der Waals surface area contributed by atoms with Crippen molar-refractivity contribution >= 4 is 16.6 Å². The Morgan fingerprint density at radius 2 is 1.75 bits per heavy atom. The summed E-state index contributed by atoms with van der Waals surface area (Å²) in [6, 6.07) is 22.1. The Morgan fingerprint density at radius 3 is 2.57 bits per heavy atom. The molecule has 0 fully saturated rings. The molecule has 0 saturated carbocycles. The number of hydrogen-bond donors (Lipinski definition) is 2. The highest BCUT2D eigenvalue weighted by molar-refractivity contribution is 5.98. The number of ether oxygens (including phenoxy) is 1. The number of aromatic nitrogens is 1. The minimum atomic E-state index is 0.0948. The Morgan fingerprint density at radius 1 is 1.00 bits per heavy atom. The van der Waals surface area contributed by atoms with Crippen molar-refractivity contribution in [3.8, 4) is 22.8 Å². The van der Waals surface area contributed by atoms with Crippen LogP contribution in [0.2, 0.25) is 0 Å². The second kappa shape index (κ2) is 6.27. The third-order valence-corrected chi connectivity index (χ3v) is 5.63. The van der Waals surface area contributed by atoms with Gasteiger partial charge in [0, 0.05) is 16.9 Å². The average Bonchev–Trinajstić information content (AvgIpc) is 2.74. The number of pyridine rings is 1. The van der Waals surface area contributed by atoms with Crippen molar-refractivity contribution in [1.82, 2.24) is 4.98 Å². The van der Waals surface area contributed by atoms with Gasteiger partial charge in [0.05, 0.1) is 12.8 Å². The summed E-state index contributed by atoms with van der Waals surface area (Å²) in [4.78, 5) is 4.82. The third-order valence-electron chi connectivity index (χ3n) is 5.63. The molecule has 0 radical (unpaired) electrons. The van der Waals surface area contributed by atoms with E-state index in [4.69, 9.17) is 15.5 Å². The van der Waals surface area contributed by atoms with Crippen LogP contribution >= 0.6 is 0 Å². The molecule has 1 atom stereocenters. The van der Waals surface area contributed by atoms with E-state index in [1.807, 2.05) is 36.4 Å². The first-order chi connectivity index (χ1) is 13.7. The zero-order valence-electron chi connectivity index (χ0n) is 15.5. The van der Waals surface area contributed by atoms with Crippen LogP contribution in [0, 0.1) is 0 Å². The van der Waals surface area contributed by atoms with Gasteiger partial charge in [-0.15, -0.1) is 0 Å². The molecule has 1 aliphatic carbocycles.